The van der Waals surface area contributed by atoms with Crippen LogP contribution in [0, 0.1) is 22.7 Å². The van der Waals surface area contributed by atoms with E-state index < -0.39 is 21.5 Å². The highest BCUT2D eigenvalue weighted by Gasteiger charge is 2.29. The molecule has 0 aromatic carbocycles. The molecule has 0 heterocycles. The van der Waals surface area contributed by atoms with Crippen LogP contribution in [0.3, 0.4) is 0 Å². The Kier molecular flexibility index (Phi) is 4.62. The Balaban J connectivity index is 2.51. The van der Waals surface area contributed by atoms with E-state index >= 15 is 0 Å². The topological polar surface area (TPSA) is 111 Å². The molecule has 7 heteroatoms. The molecule has 1 aliphatic rings. The van der Waals surface area contributed by atoms with Crippen molar-refractivity contribution in [2.45, 2.75) is 18.4 Å². The van der Waals surface area contributed by atoms with E-state index in [0.717, 1.165) is 0 Å². The summed E-state index contributed by atoms with van der Waals surface area (Å²) in [6.07, 6.45) is 4.92. The molecule has 96 valence electrons. The van der Waals surface area contributed by atoms with Crippen molar-refractivity contribution in [2.75, 3.05) is 12.4 Å². The highest BCUT2D eigenvalue weighted by atomic mass is 32.2. The SMILES string of the molecule is N#CC1=CCC(C#N)(OCCCS(=O)(=O)O)C=C1. The summed E-state index contributed by atoms with van der Waals surface area (Å²) in [7, 11) is -4.00. The van der Waals surface area contributed by atoms with Gasteiger partial charge in [-0.25, -0.2) is 0 Å². The number of allylic oxidation sites excluding steroid dienone is 2. The first kappa shape index (κ1) is 14.4. The monoisotopic (exact) mass is 268 g/mol. The van der Waals surface area contributed by atoms with Gasteiger partial charge in [-0.15, -0.1) is 0 Å². The summed E-state index contributed by atoms with van der Waals surface area (Å²) in [5.41, 5.74) is -0.693. The van der Waals surface area contributed by atoms with Crippen LogP contribution >= 0.6 is 0 Å². The average molecular weight is 268 g/mol. The minimum absolute atomic E-state index is 0.0351. The Hall–Kier alpha value is -1.67. The molecular weight excluding hydrogens is 256 g/mol. The van der Waals surface area contributed by atoms with Crippen molar-refractivity contribution >= 4 is 10.1 Å². The molecule has 0 spiro atoms. The van der Waals surface area contributed by atoms with E-state index in [0.29, 0.717) is 5.57 Å². The third-order valence-corrected chi connectivity index (χ3v) is 3.19. The molecule has 0 aromatic heterocycles. The van der Waals surface area contributed by atoms with Crippen molar-refractivity contribution in [1.29, 1.82) is 10.5 Å². The minimum atomic E-state index is -4.00. The van der Waals surface area contributed by atoms with Crippen LogP contribution in [0.5, 0.6) is 0 Å². The fourth-order valence-electron chi connectivity index (χ4n) is 1.42. The first-order valence-electron chi connectivity index (χ1n) is 5.21. The molecule has 1 N–H and O–H groups in total. The van der Waals surface area contributed by atoms with Crippen molar-refractivity contribution in [3.63, 3.8) is 0 Å². The van der Waals surface area contributed by atoms with E-state index in [2.05, 4.69) is 0 Å². The molecular formula is C11H12N2O4S. The molecule has 1 unspecified atom stereocenters. The highest BCUT2D eigenvalue weighted by Crippen LogP contribution is 2.24. The lowest BCUT2D eigenvalue weighted by molar-refractivity contribution is 0.0350. The molecule has 0 aliphatic heterocycles. The van der Waals surface area contributed by atoms with E-state index in [9.17, 15) is 8.42 Å². The number of ether oxygens (including phenoxy) is 1. The average Bonchev–Trinajstić information content (AvgIpc) is 2.34. The number of hydrogen-bond donors (Lipinski definition) is 1. The lowest BCUT2D eigenvalue weighted by Gasteiger charge is -2.24. The zero-order chi connectivity index (χ0) is 13.6. The van der Waals surface area contributed by atoms with Gasteiger partial charge in [0.15, 0.2) is 5.60 Å². The largest absolute Gasteiger partial charge is 0.356 e. The molecule has 0 bridgehead atoms. The number of hydrogen-bond acceptors (Lipinski definition) is 5. The standard InChI is InChI=1S/C11H12N2O4S/c12-8-10-2-4-11(9-13,5-3-10)17-6-1-7-18(14,15)16/h2-4H,1,5-7H2,(H,14,15,16). The molecule has 0 aromatic rings. The van der Waals surface area contributed by atoms with Gasteiger partial charge in [-0.1, -0.05) is 6.08 Å². The van der Waals surface area contributed by atoms with Crippen LogP contribution < -0.4 is 0 Å². The second-order valence-corrected chi connectivity index (χ2v) is 5.37. The van der Waals surface area contributed by atoms with Gasteiger partial charge in [-0.2, -0.15) is 18.9 Å². The number of nitrogens with zero attached hydrogens (tertiary/aromatic N) is 2. The van der Waals surface area contributed by atoms with E-state index in [1.807, 2.05) is 12.1 Å². The Morgan fingerprint density at radius 1 is 1.50 bits per heavy atom. The Morgan fingerprint density at radius 3 is 2.67 bits per heavy atom. The van der Waals surface area contributed by atoms with E-state index in [-0.39, 0.29) is 19.4 Å². The van der Waals surface area contributed by atoms with Gasteiger partial charge in [0.05, 0.1) is 18.4 Å². The van der Waals surface area contributed by atoms with E-state index in [1.165, 1.54) is 12.2 Å². The van der Waals surface area contributed by atoms with Crippen LogP contribution in [0.25, 0.3) is 0 Å². The smallest absolute Gasteiger partial charge is 0.264 e. The van der Waals surface area contributed by atoms with Crippen LogP contribution in [-0.2, 0) is 14.9 Å². The maximum Gasteiger partial charge on any atom is 0.264 e. The van der Waals surface area contributed by atoms with E-state index in [1.54, 1.807) is 6.08 Å². The molecule has 0 radical (unpaired) electrons. The maximum atomic E-state index is 10.5. The van der Waals surface area contributed by atoms with Crippen LogP contribution in [0.2, 0.25) is 0 Å². The van der Waals surface area contributed by atoms with Crippen molar-refractivity contribution in [3.05, 3.63) is 23.8 Å². The third-order valence-electron chi connectivity index (χ3n) is 2.38. The highest BCUT2D eigenvalue weighted by molar-refractivity contribution is 7.85. The van der Waals surface area contributed by atoms with Gasteiger partial charge in [0, 0.05) is 12.0 Å². The number of rotatable bonds is 5. The predicted octanol–water partition coefficient (Wildman–Crippen LogP) is 0.953. The lowest BCUT2D eigenvalue weighted by Crippen LogP contribution is -2.30. The summed E-state index contributed by atoms with van der Waals surface area (Å²) in [4.78, 5) is 0. The summed E-state index contributed by atoms with van der Waals surface area (Å²) < 4.78 is 34.8. The Morgan fingerprint density at radius 2 is 2.22 bits per heavy atom. The van der Waals surface area contributed by atoms with Gasteiger partial charge in [-0.05, 0) is 18.6 Å². The summed E-state index contributed by atoms with van der Waals surface area (Å²) in [5, 5.41) is 17.7. The van der Waals surface area contributed by atoms with Gasteiger partial charge in [0.2, 0.25) is 0 Å². The van der Waals surface area contributed by atoms with Crippen LogP contribution in [-0.4, -0.2) is 30.9 Å². The first-order chi connectivity index (χ1) is 8.41. The summed E-state index contributed by atoms with van der Waals surface area (Å²) in [6, 6.07) is 3.93. The molecule has 0 saturated carbocycles. The van der Waals surface area contributed by atoms with Crippen molar-refractivity contribution in [1.82, 2.24) is 0 Å². The van der Waals surface area contributed by atoms with Gasteiger partial charge in [-0.3, -0.25) is 4.55 Å². The predicted molar refractivity (Wildman–Crippen MR) is 62.8 cm³/mol. The Labute approximate surface area is 106 Å². The third kappa shape index (κ3) is 4.30. The summed E-state index contributed by atoms with van der Waals surface area (Å²) in [5.74, 6) is -0.405. The van der Waals surface area contributed by atoms with Gasteiger partial charge >= 0.3 is 0 Å². The molecule has 1 rings (SSSR count). The second kappa shape index (κ2) is 5.78. The fraction of sp³-hybridized carbons (Fsp3) is 0.455. The van der Waals surface area contributed by atoms with Crippen LogP contribution in [0.1, 0.15) is 12.8 Å². The summed E-state index contributed by atoms with van der Waals surface area (Å²) >= 11 is 0. The zero-order valence-corrected chi connectivity index (χ0v) is 10.4. The molecule has 18 heavy (non-hydrogen) atoms. The number of nitriles is 2. The minimum Gasteiger partial charge on any atom is -0.356 e. The maximum absolute atomic E-state index is 10.5. The Bertz CT molecular complexity index is 551. The van der Waals surface area contributed by atoms with Crippen molar-refractivity contribution in [2.24, 2.45) is 0 Å². The summed E-state index contributed by atoms with van der Waals surface area (Å²) in [6.45, 7) is 0.0351. The lowest BCUT2D eigenvalue weighted by atomic mass is 9.93. The van der Waals surface area contributed by atoms with Gasteiger partial charge in [0.1, 0.15) is 6.07 Å². The fourth-order valence-corrected chi connectivity index (χ4v) is 1.91. The van der Waals surface area contributed by atoms with Crippen molar-refractivity contribution in [3.8, 4) is 12.1 Å². The molecule has 1 aliphatic carbocycles. The first-order valence-corrected chi connectivity index (χ1v) is 6.81. The zero-order valence-electron chi connectivity index (χ0n) is 9.54. The van der Waals surface area contributed by atoms with Gasteiger partial charge < -0.3 is 4.74 Å². The van der Waals surface area contributed by atoms with Crippen LogP contribution in [0.4, 0.5) is 0 Å². The van der Waals surface area contributed by atoms with Gasteiger partial charge in [0.25, 0.3) is 10.1 Å². The molecule has 0 amide bonds. The molecule has 6 nitrogen and oxygen atoms in total. The quantitative estimate of drug-likeness (QED) is 0.587. The van der Waals surface area contributed by atoms with Crippen molar-refractivity contribution < 1.29 is 17.7 Å². The second-order valence-electron chi connectivity index (χ2n) is 3.80. The van der Waals surface area contributed by atoms with E-state index in [4.69, 9.17) is 19.8 Å². The molecule has 0 saturated heterocycles. The molecule has 1 atom stereocenters. The van der Waals surface area contributed by atoms with Crippen LogP contribution in [0.15, 0.2) is 23.8 Å². The normalized spacial score (nSPS) is 22.9. The molecule has 0 fully saturated rings.